The van der Waals surface area contributed by atoms with Crippen molar-refractivity contribution in [2.45, 2.75) is 31.7 Å². The fourth-order valence-corrected chi connectivity index (χ4v) is 3.42. The highest BCUT2D eigenvalue weighted by atomic mass is 35.5. The lowest BCUT2D eigenvalue weighted by atomic mass is 10.1. The monoisotopic (exact) mass is 366 g/mol. The van der Waals surface area contributed by atoms with Crippen LogP contribution in [-0.4, -0.2) is 20.4 Å². The van der Waals surface area contributed by atoms with E-state index in [2.05, 4.69) is 10.0 Å². The molecule has 0 unspecified atom stereocenters. The van der Waals surface area contributed by atoms with Gasteiger partial charge in [-0.15, -0.1) is 0 Å². The highest BCUT2D eigenvalue weighted by Gasteiger charge is 2.22. The van der Waals surface area contributed by atoms with Gasteiger partial charge in [0.25, 0.3) is 0 Å². The van der Waals surface area contributed by atoms with E-state index in [1.54, 1.807) is 6.07 Å². The zero-order valence-electron chi connectivity index (χ0n) is 13.6. The Morgan fingerprint density at radius 3 is 2.33 bits per heavy atom. The van der Waals surface area contributed by atoms with Gasteiger partial charge in [0.2, 0.25) is 15.9 Å². The summed E-state index contributed by atoms with van der Waals surface area (Å²) in [7, 11) is -3.80. The molecule has 0 fully saturated rings. The summed E-state index contributed by atoms with van der Waals surface area (Å²) in [5.41, 5.74) is 2.65. The molecular formula is C17H19ClN2O3S. The Kier molecular flexibility index (Phi) is 5.64. The highest BCUT2D eigenvalue weighted by molar-refractivity contribution is 7.89. The van der Waals surface area contributed by atoms with E-state index in [0.717, 1.165) is 11.1 Å². The Morgan fingerprint density at radius 2 is 1.71 bits per heavy atom. The number of anilines is 1. The van der Waals surface area contributed by atoms with Crippen molar-refractivity contribution in [3.63, 3.8) is 0 Å². The molecule has 5 nitrogen and oxygen atoms in total. The van der Waals surface area contributed by atoms with Gasteiger partial charge in [-0.25, -0.2) is 8.42 Å². The van der Waals surface area contributed by atoms with Crippen LogP contribution in [0.1, 0.15) is 18.1 Å². The summed E-state index contributed by atoms with van der Waals surface area (Å²) in [6.07, 6.45) is 0. The Labute approximate surface area is 147 Å². The van der Waals surface area contributed by atoms with Gasteiger partial charge in [-0.2, -0.15) is 4.72 Å². The van der Waals surface area contributed by atoms with Crippen molar-refractivity contribution in [2.24, 2.45) is 0 Å². The van der Waals surface area contributed by atoms with Crippen LogP contribution in [0.15, 0.2) is 47.4 Å². The van der Waals surface area contributed by atoms with Crippen molar-refractivity contribution in [1.82, 2.24) is 4.72 Å². The number of hydrogen-bond donors (Lipinski definition) is 2. The van der Waals surface area contributed by atoms with Crippen LogP contribution < -0.4 is 10.0 Å². The molecule has 0 saturated carbocycles. The van der Waals surface area contributed by atoms with E-state index in [9.17, 15) is 13.2 Å². The molecule has 0 aromatic heterocycles. The molecule has 0 aliphatic rings. The third-order valence-electron chi connectivity index (χ3n) is 3.71. The van der Waals surface area contributed by atoms with Gasteiger partial charge in [-0.05, 0) is 62.2 Å². The number of rotatable bonds is 5. The first-order valence-electron chi connectivity index (χ1n) is 7.35. The Morgan fingerprint density at radius 1 is 1.08 bits per heavy atom. The normalized spacial score (nSPS) is 12.7. The number of hydrogen-bond acceptors (Lipinski definition) is 3. The van der Waals surface area contributed by atoms with Crippen LogP contribution in [0.5, 0.6) is 0 Å². The summed E-state index contributed by atoms with van der Waals surface area (Å²) in [5.74, 6) is -0.429. The van der Waals surface area contributed by atoms with Crippen molar-refractivity contribution in [1.29, 1.82) is 0 Å². The molecule has 2 N–H and O–H groups in total. The quantitative estimate of drug-likeness (QED) is 0.852. The molecule has 0 spiro atoms. The number of amides is 1. The maximum Gasteiger partial charge on any atom is 0.242 e. The molecule has 1 atom stereocenters. The number of sulfonamides is 1. The van der Waals surface area contributed by atoms with Crippen molar-refractivity contribution in [3.05, 3.63) is 58.6 Å². The minimum absolute atomic E-state index is 0.0540. The summed E-state index contributed by atoms with van der Waals surface area (Å²) in [6, 6.07) is 10.4. The molecule has 0 aliphatic carbocycles. The van der Waals surface area contributed by atoms with Crippen molar-refractivity contribution >= 4 is 33.2 Å². The zero-order valence-corrected chi connectivity index (χ0v) is 15.2. The van der Waals surface area contributed by atoms with E-state index in [0.29, 0.717) is 10.7 Å². The topological polar surface area (TPSA) is 75.3 Å². The molecule has 2 aromatic carbocycles. The molecule has 1 amide bonds. The minimum Gasteiger partial charge on any atom is -0.324 e. The fraction of sp³-hybridized carbons (Fsp3) is 0.235. The van der Waals surface area contributed by atoms with Gasteiger partial charge in [0.05, 0.1) is 10.9 Å². The lowest BCUT2D eigenvalue weighted by Gasteiger charge is -2.16. The number of carbonyl (C=O) groups excluding carboxylic acids is 1. The van der Waals surface area contributed by atoms with E-state index in [1.165, 1.54) is 31.2 Å². The third-order valence-corrected chi connectivity index (χ3v) is 5.52. The minimum atomic E-state index is -3.80. The summed E-state index contributed by atoms with van der Waals surface area (Å²) in [4.78, 5) is 12.3. The van der Waals surface area contributed by atoms with Crippen LogP contribution >= 0.6 is 11.6 Å². The molecule has 128 valence electrons. The molecule has 0 saturated heterocycles. The van der Waals surface area contributed by atoms with E-state index in [4.69, 9.17) is 11.6 Å². The standard InChI is InChI=1S/C17H19ClN2O3S/c1-11-5-4-6-16(12(11)2)19-17(21)13(3)20-24(22,23)15-9-7-14(18)8-10-15/h4-10,13,20H,1-3H3,(H,19,21)/t13-/m1/s1. The second kappa shape index (κ2) is 7.34. The third kappa shape index (κ3) is 4.35. The maximum atomic E-state index is 12.3. The maximum absolute atomic E-state index is 12.3. The average molecular weight is 367 g/mol. The first kappa shape index (κ1) is 18.4. The lowest BCUT2D eigenvalue weighted by molar-refractivity contribution is -0.117. The second-order valence-electron chi connectivity index (χ2n) is 5.53. The lowest BCUT2D eigenvalue weighted by Crippen LogP contribution is -2.41. The van der Waals surface area contributed by atoms with Crippen molar-refractivity contribution < 1.29 is 13.2 Å². The molecule has 0 radical (unpaired) electrons. The number of benzene rings is 2. The summed E-state index contributed by atoms with van der Waals surface area (Å²) in [6.45, 7) is 5.33. The number of halogens is 1. The van der Waals surface area contributed by atoms with Crippen LogP contribution in [0.4, 0.5) is 5.69 Å². The predicted molar refractivity (Wildman–Crippen MR) is 95.8 cm³/mol. The predicted octanol–water partition coefficient (Wildman–Crippen LogP) is 3.26. The number of nitrogens with one attached hydrogen (secondary N) is 2. The first-order valence-corrected chi connectivity index (χ1v) is 9.22. The average Bonchev–Trinajstić information content (AvgIpc) is 2.51. The molecule has 2 rings (SSSR count). The van der Waals surface area contributed by atoms with Crippen LogP contribution in [0.2, 0.25) is 5.02 Å². The van der Waals surface area contributed by atoms with Crippen LogP contribution in [0, 0.1) is 13.8 Å². The van der Waals surface area contributed by atoms with Gasteiger partial charge >= 0.3 is 0 Å². The molecule has 24 heavy (non-hydrogen) atoms. The molecule has 0 bridgehead atoms. The highest BCUT2D eigenvalue weighted by Crippen LogP contribution is 2.18. The molecule has 7 heteroatoms. The summed E-state index contributed by atoms with van der Waals surface area (Å²) < 4.78 is 27.0. The van der Waals surface area contributed by atoms with Crippen LogP contribution in [-0.2, 0) is 14.8 Å². The number of carbonyl (C=O) groups is 1. The van der Waals surface area contributed by atoms with Gasteiger partial charge in [-0.3, -0.25) is 4.79 Å². The SMILES string of the molecule is Cc1cccc(NC(=O)[C@@H](C)NS(=O)(=O)c2ccc(Cl)cc2)c1C. The largest absolute Gasteiger partial charge is 0.324 e. The van der Waals surface area contributed by atoms with Crippen LogP contribution in [0.3, 0.4) is 0 Å². The Hall–Kier alpha value is -1.89. The molecule has 2 aromatic rings. The summed E-state index contributed by atoms with van der Waals surface area (Å²) >= 11 is 5.76. The molecule has 0 heterocycles. The van der Waals surface area contributed by atoms with Gasteiger partial charge in [0, 0.05) is 10.7 Å². The van der Waals surface area contributed by atoms with Gasteiger partial charge in [0.15, 0.2) is 0 Å². The zero-order chi connectivity index (χ0) is 17.9. The van der Waals surface area contributed by atoms with Crippen molar-refractivity contribution in [2.75, 3.05) is 5.32 Å². The molecule has 0 aliphatic heterocycles. The van der Waals surface area contributed by atoms with E-state index in [-0.39, 0.29) is 4.90 Å². The Bertz CT molecular complexity index is 849. The van der Waals surface area contributed by atoms with Crippen LogP contribution in [0.25, 0.3) is 0 Å². The summed E-state index contributed by atoms with van der Waals surface area (Å²) in [5, 5.41) is 3.19. The molecular weight excluding hydrogens is 348 g/mol. The number of aryl methyl sites for hydroxylation is 1. The van der Waals surface area contributed by atoms with Gasteiger partial charge in [-0.1, -0.05) is 23.7 Å². The van der Waals surface area contributed by atoms with Gasteiger partial charge in [0.1, 0.15) is 0 Å². The first-order chi connectivity index (χ1) is 11.2. The van der Waals surface area contributed by atoms with E-state index < -0.39 is 22.0 Å². The smallest absolute Gasteiger partial charge is 0.242 e. The fourth-order valence-electron chi connectivity index (χ4n) is 2.10. The van der Waals surface area contributed by atoms with Crippen molar-refractivity contribution in [3.8, 4) is 0 Å². The van der Waals surface area contributed by atoms with Gasteiger partial charge < -0.3 is 5.32 Å². The van der Waals surface area contributed by atoms with E-state index in [1.807, 2.05) is 26.0 Å². The Balaban J connectivity index is 2.11. The second-order valence-corrected chi connectivity index (χ2v) is 7.68. The van der Waals surface area contributed by atoms with E-state index >= 15 is 0 Å².